The molecular formula is C17H21N3O8. The van der Waals surface area contributed by atoms with Crippen LogP contribution in [0.2, 0.25) is 0 Å². The van der Waals surface area contributed by atoms with Crippen LogP contribution in [0.3, 0.4) is 0 Å². The second kappa shape index (κ2) is 7.38. The van der Waals surface area contributed by atoms with Crippen LogP contribution >= 0.6 is 0 Å². The number of nitrogens with one attached hydrogen (secondary N) is 1. The molecule has 1 aromatic heterocycles. The normalized spacial score (nSPS) is 31.7. The molecule has 152 valence electrons. The quantitative estimate of drug-likeness (QED) is 0.681. The molecule has 3 heterocycles. The maximum absolute atomic E-state index is 12.6. The van der Waals surface area contributed by atoms with Crippen molar-refractivity contribution in [2.75, 3.05) is 13.7 Å². The van der Waals surface area contributed by atoms with Crippen LogP contribution in [0, 0.1) is 11.3 Å². The van der Waals surface area contributed by atoms with E-state index in [1.165, 1.54) is 6.92 Å². The average Bonchev–Trinajstić information content (AvgIpc) is 3.30. The molecule has 0 aromatic carbocycles. The van der Waals surface area contributed by atoms with Gasteiger partial charge in [-0.05, 0) is 13.8 Å². The molecule has 0 radical (unpaired) electrons. The first kappa shape index (κ1) is 18.7. The third-order valence-electron chi connectivity index (χ3n) is 4.43. The Bertz CT molecular complexity index is 905. The first-order valence-corrected chi connectivity index (χ1v) is 8.47. The van der Waals surface area contributed by atoms with Crippen molar-refractivity contribution >= 4 is 11.9 Å². The van der Waals surface area contributed by atoms with Crippen LogP contribution in [0.15, 0.2) is 4.79 Å². The number of hydrogen-bond donors (Lipinski definition) is 1. The van der Waals surface area contributed by atoms with E-state index in [1.807, 2.05) is 6.07 Å². The van der Waals surface area contributed by atoms with Gasteiger partial charge in [-0.3, -0.25) is 14.3 Å². The van der Waals surface area contributed by atoms with Crippen molar-refractivity contribution in [2.45, 2.75) is 57.5 Å². The molecule has 3 rings (SSSR count). The number of imidazole rings is 1. The van der Waals surface area contributed by atoms with Crippen LogP contribution < -0.4 is 5.69 Å². The van der Waals surface area contributed by atoms with Gasteiger partial charge in [-0.15, -0.1) is 0 Å². The highest BCUT2D eigenvalue weighted by Gasteiger charge is 2.57. The van der Waals surface area contributed by atoms with Gasteiger partial charge in [0.25, 0.3) is 0 Å². The monoisotopic (exact) mass is 396 g/mol. The number of aromatic nitrogens is 2. The van der Waals surface area contributed by atoms with Gasteiger partial charge in [0.05, 0.1) is 25.3 Å². The summed E-state index contributed by atoms with van der Waals surface area (Å²) < 4.78 is 36.0. The summed E-state index contributed by atoms with van der Waals surface area (Å²) in [6.07, 6.45) is -3.68. The predicted molar refractivity (Wildman–Crippen MR) is 90.1 cm³/mol. The third-order valence-corrected chi connectivity index (χ3v) is 4.43. The van der Waals surface area contributed by atoms with E-state index in [0.717, 1.165) is 11.7 Å². The molecule has 28 heavy (non-hydrogen) atoms. The summed E-state index contributed by atoms with van der Waals surface area (Å²) in [5, 5.41) is 9.17. The van der Waals surface area contributed by atoms with Crippen LogP contribution in [0.25, 0.3) is 0 Å². The minimum Gasteiger partial charge on any atom is -0.464 e. The zero-order valence-electron chi connectivity index (χ0n) is 16.6. The van der Waals surface area contributed by atoms with Gasteiger partial charge in [0.1, 0.15) is 30.6 Å². The number of methoxy groups -OCH3 is 1. The molecule has 2 fully saturated rings. The number of hydrogen-bond acceptors (Lipinski definition) is 9. The fourth-order valence-electron chi connectivity index (χ4n) is 3.39. The van der Waals surface area contributed by atoms with Crippen molar-refractivity contribution in [2.24, 2.45) is 0 Å². The van der Waals surface area contributed by atoms with Crippen molar-refractivity contribution in [3.05, 3.63) is 21.9 Å². The number of nitrogens with zero attached hydrogens (tertiary/aromatic N) is 2. The van der Waals surface area contributed by atoms with E-state index in [9.17, 15) is 19.6 Å². The predicted octanol–water partition coefficient (Wildman–Crippen LogP) is 0.00968. The van der Waals surface area contributed by atoms with Crippen LogP contribution in [0.5, 0.6) is 0 Å². The average molecular weight is 396 g/mol. The molecule has 2 aliphatic rings. The number of rotatable bonds is 5. The lowest BCUT2D eigenvalue weighted by molar-refractivity contribution is -0.202. The molecule has 0 amide bonds. The minimum atomic E-state index is -1.24. The maximum Gasteiger partial charge on any atom is 0.356 e. The Morgan fingerprint density at radius 2 is 2.14 bits per heavy atom. The van der Waals surface area contributed by atoms with Crippen molar-refractivity contribution in [1.29, 1.82) is 5.26 Å². The summed E-state index contributed by atoms with van der Waals surface area (Å²) in [6.45, 7) is 2.46. The lowest BCUT2D eigenvalue weighted by atomic mass is 10.1. The molecule has 1 aromatic rings. The largest absolute Gasteiger partial charge is 0.464 e. The second-order valence-corrected chi connectivity index (χ2v) is 6.61. The molecule has 2 aliphatic heterocycles. The van der Waals surface area contributed by atoms with Gasteiger partial charge < -0.3 is 23.7 Å². The Hall–Kier alpha value is -2.68. The first-order valence-electron chi connectivity index (χ1n) is 9.17. The van der Waals surface area contributed by atoms with E-state index >= 15 is 0 Å². The van der Waals surface area contributed by atoms with Gasteiger partial charge in [0.15, 0.2) is 12.0 Å². The molecule has 11 heteroatoms. The van der Waals surface area contributed by atoms with Crippen LogP contribution in [-0.2, 0) is 34.9 Å². The highest BCUT2D eigenvalue weighted by molar-refractivity contribution is 5.88. The van der Waals surface area contributed by atoms with E-state index in [0.29, 0.717) is 0 Å². The molecule has 0 bridgehead atoms. The van der Waals surface area contributed by atoms with Crippen LogP contribution in [0.1, 0.15) is 44.5 Å². The number of fused-ring (bicyclic) bond motifs is 1. The molecule has 0 aliphatic carbocycles. The first-order chi connectivity index (χ1) is 13.7. The highest BCUT2D eigenvalue weighted by atomic mass is 16.8. The third kappa shape index (κ3) is 3.54. The summed E-state index contributed by atoms with van der Waals surface area (Å²) in [5.41, 5.74) is -0.787. The molecule has 1 N–H and O–H groups in total. The van der Waals surface area contributed by atoms with Gasteiger partial charge in [-0.2, -0.15) is 5.26 Å². The Morgan fingerprint density at radius 1 is 1.43 bits per heavy atom. The molecule has 2 unspecified atom stereocenters. The van der Waals surface area contributed by atoms with E-state index in [4.69, 9.17) is 20.3 Å². The Morgan fingerprint density at radius 3 is 2.75 bits per heavy atom. The van der Waals surface area contributed by atoms with E-state index in [2.05, 4.69) is 9.72 Å². The second-order valence-electron chi connectivity index (χ2n) is 6.61. The van der Waals surface area contributed by atoms with Crippen molar-refractivity contribution in [1.82, 2.24) is 9.55 Å². The SMILES string of the molecule is [2H]CC1(C)O[C@@H]2[C@@H](COC(C)=O)OC(n3c(CC#N)c(C(=O)OC)[nH]c3=O)[C@@H]2O1. The number of aromatic amines is 1. The number of carbonyl (C=O) groups excluding carboxylic acids is 2. The van der Waals surface area contributed by atoms with Gasteiger partial charge in [-0.1, -0.05) is 0 Å². The highest BCUT2D eigenvalue weighted by Crippen LogP contribution is 2.43. The molecule has 0 saturated carbocycles. The number of esters is 2. The van der Waals surface area contributed by atoms with E-state index in [-0.39, 0.29) is 31.3 Å². The summed E-state index contributed by atoms with van der Waals surface area (Å²) in [4.78, 5) is 38.2. The zero-order valence-corrected chi connectivity index (χ0v) is 15.6. The molecule has 5 atom stereocenters. The lowest BCUT2D eigenvalue weighted by Gasteiger charge is -2.24. The van der Waals surface area contributed by atoms with E-state index in [1.54, 1.807) is 6.92 Å². The molecular weight excluding hydrogens is 374 g/mol. The Labute approximate surface area is 161 Å². The Balaban J connectivity index is 2.02. The van der Waals surface area contributed by atoms with Gasteiger partial charge in [0, 0.05) is 8.29 Å². The Kier molecular flexibility index (Phi) is 4.92. The van der Waals surface area contributed by atoms with Crippen LogP contribution in [-0.4, -0.2) is 59.3 Å². The van der Waals surface area contributed by atoms with Gasteiger partial charge in [-0.25, -0.2) is 9.59 Å². The number of ether oxygens (including phenoxy) is 5. The van der Waals surface area contributed by atoms with Crippen molar-refractivity contribution in [3.8, 4) is 6.07 Å². The number of H-pyrrole nitrogens is 1. The standard InChI is InChI=1S/C17H21N3O8/c1-8(21)25-7-10-12-13(28-17(2,3)27-12)14(26-10)20-9(5-6-18)11(15(22)24-4)19-16(20)23/h10,12-14H,5,7H2,1-4H3,(H,19,23)/t10-,12-,13-,14?/m1/s1/i2D/t10-,12-,13-,14?,17?. The number of carbonyl (C=O) groups is 2. The molecule has 11 nitrogen and oxygen atoms in total. The molecule has 2 saturated heterocycles. The lowest BCUT2D eigenvalue weighted by Crippen LogP contribution is -2.34. The topological polar surface area (TPSA) is 142 Å². The van der Waals surface area contributed by atoms with Crippen molar-refractivity contribution in [3.63, 3.8) is 0 Å². The summed E-state index contributed by atoms with van der Waals surface area (Å²) in [7, 11) is 1.15. The zero-order chi connectivity index (χ0) is 21.3. The molecule has 0 spiro atoms. The summed E-state index contributed by atoms with van der Waals surface area (Å²) >= 11 is 0. The summed E-state index contributed by atoms with van der Waals surface area (Å²) in [6, 6.07) is 1.90. The van der Waals surface area contributed by atoms with E-state index < -0.39 is 48.0 Å². The number of nitriles is 1. The maximum atomic E-state index is 12.6. The van der Waals surface area contributed by atoms with Crippen molar-refractivity contribution < 1.29 is 34.6 Å². The smallest absolute Gasteiger partial charge is 0.356 e. The fourth-order valence-corrected chi connectivity index (χ4v) is 3.39. The van der Waals surface area contributed by atoms with Gasteiger partial charge in [0.2, 0.25) is 0 Å². The minimum absolute atomic E-state index is 0.0734. The fraction of sp³-hybridized carbons (Fsp3) is 0.647. The van der Waals surface area contributed by atoms with Crippen LogP contribution in [0.4, 0.5) is 0 Å². The summed E-state index contributed by atoms with van der Waals surface area (Å²) in [5.74, 6) is -2.57. The van der Waals surface area contributed by atoms with Gasteiger partial charge >= 0.3 is 17.6 Å².